The molecule has 0 unspecified atom stereocenters. The maximum Gasteiger partial charge on any atom is 0.337 e. The SMILES string of the molecule is COC(=O)c1cccc(NC(=O)CSc2nnc(-c3ccc(Cl)cc3)n2N)c1. The Kier molecular flexibility index (Phi) is 6.17. The highest BCUT2D eigenvalue weighted by Crippen LogP contribution is 2.23. The lowest BCUT2D eigenvalue weighted by molar-refractivity contribution is -0.113. The average Bonchev–Trinajstić information content (AvgIpc) is 3.07. The summed E-state index contributed by atoms with van der Waals surface area (Å²) in [5.74, 6) is 5.82. The van der Waals surface area contributed by atoms with Crippen molar-refractivity contribution < 1.29 is 14.3 Å². The summed E-state index contributed by atoms with van der Waals surface area (Å²) in [5, 5.41) is 11.8. The minimum absolute atomic E-state index is 0.0679. The van der Waals surface area contributed by atoms with Crippen LogP contribution in [0, 0.1) is 0 Å². The Labute approximate surface area is 170 Å². The van der Waals surface area contributed by atoms with Gasteiger partial charge in [-0.3, -0.25) is 4.79 Å². The number of ether oxygens (including phenoxy) is 1. The van der Waals surface area contributed by atoms with E-state index in [9.17, 15) is 9.59 Å². The smallest absolute Gasteiger partial charge is 0.337 e. The first-order valence-corrected chi connectivity index (χ1v) is 9.41. The van der Waals surface area contributed by atoms with E-state index in [0.717, 1.165) is 17.3 Å². The lowest BCUT2D eigenvalue weighted by Gasteiger charge is -2.07. The van der Waals surface area contributed by atoms with Gasteiger partial charge >= 0.3 is 5.97 Å². The number of nitrogens with zero attached hydrogens (tertiary/aromatic N) is 3. The molecule has 0 aliphatic rings. The van der Waals surface area contributed by atoms with Gasteiger partial charge in [0.25, 0.3) is 0 Å². The van der Waals surface area contributed by atoms with E-state index in [1.807, 2.05) is 0 Å². The van der Waals surface area contributed by atoms with Crippen LogP contribution in [-0.2, 0) is 9.53 Å². The zero-order chi connectivity index (χ0) is 20.1. The van der Waals surface area contributed by atoms with E-state index in [-0.39, 0.29) is 11.7 Å². The van der Waals surface area contributed by atoms with Gasteiger partial charge in [0.1, 0.15) is 0 Å². The average molecular weight is 418 g/mol. The standard InChI is InChI=1S/C18H16ClN5O3S/c1-27-17(26)12-3-2-4-14(9-12)21-15(25)10-28-18-23-22-16(24(18)20)11-5-7-13(19)8-6-11/h2-9H,10,20H2,1H3,(H,21,25). The number of anilines is 1. The van der Waals surface area contributed by atoms with Gasteiger partial charge in [-0.15, -0.1) is 10.2 Å². The van der Waals surface area contributed by atoms with Crippen LogP contribution in [0.15, 0.2) is 53.7 Å². The topological polar surface area (TPSA) is 112 Å². The number of benzene rings is 2. The van der Waals surface area contributed by atoms with E-state index in [4.69, 9.17) is 17.4 Å². The molecule has 0 saturated carbocycles. The minimum atomic E-state index is -0.476. The summed E-state index contributed by atoms with van der Waals surface area (Å²) < 4.78 is 5.98. The van der Waals surface area contributed by atoms with Crippen LogP contribution in [0.1, 0.15) is 10.4 Å². The van der Waals surface area contributed by atoms with Crippen LogP contribution in [0.5, 0.6) is 0 Å². The molecule has 0 fully saturated rings. The highest BCUT2D eigenvalue weighted by atomic mass is 35.5. The number of halogens is 1. The molecule has 3 aromatic rings. The molecule has 1 amide bonds. The molecule has 0 radical (unpaired) electrons. The number of carbonyl (C=O) groups is 2. The summed E-state index contributed by atoms with van der Waals surface area (Å²) in [4.78, 5) is 23.8. The molecule has 3 N–H and O–H groups in total. The Morgan fingerprint density at radius 3 is 2.68 bits per heavy atom. The summed E-state index contributed by atoms with van der Waals surface area (Å²) in [7, 11) is 1.30. The predicted octanol–water partition coefficient (Wildman–Crippen LogP) is 2.83. The Hall–Kier alpha value is -3.04. The van der Waals surface area contributed by atoms with Crippen LogP contribution >= 0.6 is 23.4 Å². The van der Waals surface area contributed by atoms with Gasteiger partial charge in [-0.1, -0.05) is 29.4 Å². The van der Waals surface area contributed by atoms with Gasteiger partial charge in [0.15, 0.2) is 5.82 Å². The number of nitrogens with two attached hydrogens (primary N) is 1. The van der Waals surface area contributed by atoms with Crippen molar-refractivity contribution in [2.24, 2.45) is 0 Å². The number of hydrogen-bond acceptors (Lipinski definition) is 7. The molecule has 3 rings (SSSR count). The fourth-order valence-corrected chi connectivity index (χ4v) is 3.12. The van der Waals surface area contributed by atoms with E-state index >= 15 is 0 Å². The molecule has 28 heavy (non-hydrogen) atoms. The summed E-state index contributed by atoms with van der Waals surface area (Å²) in [6, 6.07) is 13.5. The first-order chi connectivity index (χ1) is 13.5. The molecule has 0 saturated heterocycles. The van der Waals surface area contributed by atoms with Crippen molar-refractivity contribution in [1.82, 2.24) is 14.9 Å². The molecule has 144 valence electrons. The Morgan fingerprint density at radius 1 is 1.21 bits per heavy atom. The number of rotatable bonds is 6. The summed E-state index contributed by atoms with van der Waals surface area (Å²) in [6.07, 6.45) is 0. The fraction of sp³-hybridized carbons (Fsp3) is 0.111. The number of hydrogen-bond donors (Lipinski definition) is 2. The summed E-state index contributed by atoms with van der Waals surface area (Å²) in [6.45, 7) is 0. The second-order valence-corrected chi connectivity index (χ2v) is 6.97. The molecular formula is C18H16ClN5O3S. The number of esters is 1. The third-order valence-corrected chi connectivity index (χ3v) is 4.86. The van der Waals surface area contributed by atoms with E-state index in [0.29, 0.717) is 27.3 Å². The van der Waals surface area contributed by atoms with Crippen molar-refractivity contribution in [1.29, 1.82) is 0 Å². The first kappa shape index (κ1) is 19.7. The highest BCUT2D eigenvalue weighted by Gasteiger charge is 2.14. The van der Waals surface area contributed by atoms with Crippen LogP contribution in [0.3, 0.4) is 0 Å². The van der Waals surface area contributed by atoms with Crippen LogP contribution in [-0.4, -0.2) is 39.6 Å². The lowest BCUT2D eigenvalue weighted by atomic mass is 10.2. The van der Waals surface area contributed by atoms with Gasteiger partial charge in [-0.2, -0.15) is 0 Å². The van der Waals surface area contributed by atoms with E-state index < -0.39 is 5.97 Å². The van der Waals surface area contributed by atoms with Crippen LogP contribution in [0.25, 0.3) is 11.4 Å². The predicted molar refractivity (Wildman–Crippen MR) is 108 cm³/mol. The molecule has 1 aromatic heterocycles. The van der Waals surface area contributed by atoms with Gasteiger partial charge in [0.2, 0.25) is 11.1 Å². The van der Waals surface area contributed by atoms with E-state index in [1.165, 1.54) is 11.8 Å². The van der Waals surface area contributed by atoms with Gasteiger partial charge < -0.3 is 15.9 Å². The lowest BCUT2D eigenvalue weighted by Crippen LogP contribution is -2.16. The zero-order valence-electron chi connectivity index (χ0n) is 14.8. The molecule has 0 aliphatic carbocycles. The fourth-order valence-electron chi connectivity index (χ4n) is 2.34. The third-order valence-electron chi connectivity index (χ3n) is 3.67. The largest absolute Gasteiger partial charge is 0.465 e. The molecule has 0 aliphatic heterocycles. The number of carbonyl (C=O) groups excluding carboxylic acids is 2. The molecule has 0 spiro atoms. The van der Waals surface area contributed by atoms with Gasteiger partial charge in [0.05, 0.1) is 18.4 Å². The molecule has 1 heterocycles. The van der Waals surface area contributed by atoms with E-state index in [1.54, 1.807) is 48.5 Å². The number of methoxy groups -OCH3 is 1. The van der Waals surface area contributed by atoms with Gasteiger partial charge in [0, 0.05) is 16.3 Å². The monoisotopic (exact) mass is 417 g/mol. The van der Waals surface area contributed by atoms with Crippen LogP contribution in [0.2, 0.25) is 5.02 Å². The van der Waals surface area contributed by atoms with E-state index in [2.05, 4.69) is 20.3 Å². The maximum atomic E-state index is 12.2. The maximum absolute atomic E-state index is 12.2. The molecule has 10 heteroatoms. The normalized spacial score (nSPS) is 10.5. The molecule has 2 aromatic carbocycles. The minimum Gasteiger partial charge on any atom is -0.465 e. The van der Waals surface area contributed by atoms with Crippen molar-refractivity contribution in [3.8, 4) is 11.4 Å². The van der Waals surface area contributed by atoms with Crippen molar-refractivity contribution in [3.63, 3.8) is 0 Å². The number of nitrogen functional groups attached to an aromatic ring is 1. The van der Waals surface area contributed by atoms with Crippen LogP contribution < -0.4 is 11.2 Å². The van der Waals surface area contributed by atoms with Gasteiger partial charge in [-0.05, 0) is 42.5 Å². The molecule has 0 bridgehead atoms. The van der Waals surface area contributed by atoms with Crippen molar-refractivity contribution in [2.75, 3.05) is 24.0 Å². The molecule has 8 nitrogen and oxygen atoms in total. The molecular weight excluding hydrogens is 402 g/mol. The Bertz CT molecular complexity index is 1010. The zero-order valence-corrected chi connectivity index (χ0v) is 16.3. The van der Waals surface area contributed by atoms with Crippen molar-refractivity contribution in [2.45, 2.75) is 5.16 Å². The van der Waals surface area contributed by atoms with Crippen molar-refractivity contribution in [3.05, 3.63) is 59.1 Å². The third kappa shape index (κ3) is 4.62. The Balaban J connectivity index is 1.62. The second-order valence-electron chi connectivity index (χ2n) is 5.59. The number of aromatic nitrogens is 3. The van der Waals surface area contributed by atoms with Crippen molar-refractivity contribution >= 4 is 40.9 Å². The summed E-state index contributed by atoms with van der Waals surface area (Å²) >= 11 is 7.02. The van der Waals surface area contributed by atoms with Crippen LogP contribution in [0.4, 0.5) is 5.69 Å². The number of amides is 1. The second kappa shape index (κ2) is 8.77. The number of nitrogens with one attached hydrogen (secondary N) is 1. The Morgan fingerprint density at radius 2 is 1.96 bits per heavy atom. The van der Waals surface area contributed by atoms with Gasteiger partial charge in [-0.25, -0.2) is 9.47 Å². The number of thioether (sulfide) groups is 1. The quantitative estimate of drug-likeness (QED) is 0.360. The first-order valence-electron chi connectivity index (χ1n) is 8.05. The molecule has 0 atom stereocenters. The highest BCUT2D eigenvalue weighted by molar-refractivity contribution is 7.99. The summed E-state index contributed by atoms with van der Waals surface area (Å²) in [5.41, 5.74) is 1.60.